The molecular formula is C15H15FN2O3S. The molecule has 3 N–H and O–H groups in total. The molecule has 0 bridgehead atoms. The molecule has 2 aromatic rings. The zero-order valence-corrected chi connectivity index (χ0v) is 12.8. The van der Waals surface area contributed by atoms with Crippen LogP contribution in [0.4, 0.5) is 15.8 Å². The number of carbonyl (C=O) groups excluding carboxylic acids is 1. The Balaban J connectivity index is 2.38. The zero-order chi connectivity index (χ0) is 16.3. The van der Waals surface area contributed by atoms with Crippen molar-refractivity contribution in [2.45, 2.75) is 11.8 Å². The van der Waals surface area contributed by atoms with E-state index in [0.717, 1.165) is 17.7 Å². The quantitative estimate of drug-likeness (QED) is 0.459. The number of hydrogen-bond acceptors (Lipinski definition) is 4. The van der Waals surface area contributed by atoms with Crippen molar-refractivity contribution < 1.29 is 18.9 Å². The van der Waals surface area contributed by atoms with Gasteiger partial charge in [0.1, 0.15) is 12.1 Å². The van der Waals surface area contributed by atoms with Crippen LogP contribution < -0.4 is 10.8 Å². The minimum absolute atomic E-state index is 0.103. The summed E-state index contributed by atoms with van der Waals surface area (Å²) in [4.78, 5) is 12.3. The number of nitrogens with one attached hydrogen (secondary N) is 2. The molecule has 1 amide bonds. The van der Waals surface area contributed by atoms with E-state index in [9.17, 15) is 13.7 Å². The van der Waals surface area contributed by atoms with Crippen molar-refractivity contribution in [3.05, 3.63) is 53.3 Å². The Morgan fingerprint density at radius 2 is 1.95 bits per heavy atom. The summed E-state index contributed by atoms with van der Waals surface area (Å²) in [7, 11) is 0. The molecule has 0 aromatic heterocycles. The van der Waals surface area contributed by atoms with Crippen molar-refractivity contribution >= 4 is 28.5 Å². The average Bonchev–Trinajstić information content (AvgIpc) is 2.48. The lowest BCUT2D eigenvalue weighted by Gasteiger charge is -2.14. The van der Waals surface area contributed by atoms with Crippen LogP contribution in [0.25, 0.3) is 0 Å². The van der Waals surface area contributed by atoms with Gasteiger partial charge in [0, 0.05) is 5.69 Å². The molecule has 0 radical (unpaired) electrons. The molecule has 1 unspecified atom stereocenters. The summed E-state index contributed by atoms with van der Waals surface area (Å²) in [5.74, 6) is -1.26. The molecule has 0 aliphatic heterocycles. The second-order valence-corrected chi connectivity index (χ2v) is 6.07. The van der Waals surface area contributed by atoms with Gasteiger partial charge in [-0.2, -0.15) is 0 Å². The molecule has 0 saturated heterocycles. The Kier molecular flexibility index (Phi) is 5.02. The predicted molar refractivity (Wildman–Crippen MR) is 82.4 cm³/mol. The highest BCUT2D eigenvalue weighted by atomic mass is 32.2. The second kappa shape index (κ2) is 6.78. The zero-order valence-electron chi connectivity index (χ0n) is 12.0. The Bertz CT molecular complexity index is 707. The molecule has 0 aliphatic carbocycles. The minimum atomic E-state index is -1.10. The largest absolute Gasteiger partial charge is 0.612 e. The van der Waals surface area contributed by atoms with Gasteiger partial charge in [0.05, 0.1) is 11.3 Å². The van der Waals surface area contributed by atoms with Crippen LogP contribution in [0.5, 0.6) is 0 Å². The van der Waals surface area contributed by atoms with Gasteiger partial charge in [-0.25, -0.2) is 9.87 Å². The maximum atomic E-state index is 13.4. The third-order valence-electron chi connectivity index (χ3n) is 3.13. The number of anilines is 2. The molecule has 0 saturated carbocycles. The number of hydrogen-bond donors (Lipinski definition) is 3. The average molecular weight is 322 g/mol. The Hall–Kier alpha value is -2.09. The van der Waals surface area contributed by atoms with Gasteiger partial charge in [0.2, 0.25) is 0 Å². The van der Waals surface area contributed by atoms with Gasteiger partial charge < -0.3 is 9.87 Å². The smallest absolute Gasteiger partial charge is 0.276 e. The topological polar surface area (TPSA) is 84.4 Å². The minimum Gasteiger partial charge on any atom is -0.612 e. The van der Waals surface area contributed by atoms with Crippen LogP contribution >= 0.6 is 0 Å². The number of halogens is 1. The fourth-order valence-electron chi connectivity index (χ4n) is 1.98. The summed E-state index contributed by atoms with van der Waals surface area (Å²) in [5, 5.41) is 11.7. The number of hydroxylamine groups is 1. The van der Waals surface area contributed by atoms with Gasteiger partial charge in [-0.15, -0.1) is 0 Å². The van der Waals surface area contributed by atoms with E-state index in [1.807, 2.05) is 6.92 Å². The van der Waals surface area contributed by atoms with E-state index in [0.29, 0.717) is 10.6 Å². The number of rotatable bonds is 4. The van der Waals surface area contributed by atoms with Crippen LogP contribution in [-0.2, 0) is 11.2 Å². The van der Waals surface area contributed by atoms with Crippen LogP contribution in [0.1, 0.15) is 15.9 Å². The van der Waals surface area contributed by atoms with Gasteiger partial charge >= 0.3 is 0 Å². The number of amides is 1. The molecule has 7 heteroatoms. The SMILES string of the molecule is Cc1cc([S+](C)[O-])ccc1Nc1cc(F)ccc1C(=O)NO. The summed E-state index contributed by atoms with van der Waals surface area (Å²) in [6.45, 7) is 1.81. The molecule has 1 atom stereocenters. The molecule has 116 valence electrons. The Morgan fingerprint density at radius 3 is 2.55 bits per heavy atom. The van der Waals surface area contributed by atoms with Gasteiger partial charge in [0.15, 0.2) is 4.90 Å². The molecular weight excluding hydrogens is 307 g/mol. The van der Waals surface area contributed by atoms with Crippen LogP contribution in [-0.4, -0.2) is 21.9 Å². The highest BCUT2D eigenvalue weighted by Gasteiger charge is 2.14. The molecule has 0 spiro atoms. The van der Waals surface area contributed by atoms with E-state index in [1.54, 1.807) is 24.5 Å². The highest BCUT2D eigenvalue weighted by molar-refractivity contribution is 7.90. The summed E-state index contributed by atoms with van der Waals surface area (Å²) in [6.07, 6.45) is 1.58. The molecule has 2 aromatic carbocycles. The molecule has 0 aliphatic rings. The van der Waals surface area contributed by atoms with Gasteiger partial charge in [-0.05, 0) is 60.1 Å². The van der Waals surface area contributed by atoms with Crippen LogP contribution in [0, 0.1) is 12.7 Å². The van der Waals surface area contributed by atoms with Crippen molar-refractivity contribution in [1.29, 1.82) is 0 Å². The highest BCUT2D eigenvalue weighted by Crippen LogP contribution is 2.26. The first-order valence-corrected chi connectivity index (χ1v) is 7.93. The van der Waals surface area contributed by atoms with Gasteiger partial charge in [-0.1, -0.05) is 0 Å². The third kappa shape index (κ3) is 3.56. The van der Waals surface area contributed by atoms with E-state index >= 15 is 0 Å². The lowest BCUT2D eigenvalue weighted by atomic mass is 10.1. The van der Waals surface area contributed by atoms with E-state index in [1.165, 1.54) is 11.5 Å². The summed E-state index contributed by atoms with van der Waals surface area (Å²) >= 11 is -1.10. The van der Waals surface area contributed by atoms with E-state index < -0.39 is 22.9 Å². The third-order valence-corrected chi connectivity index (χ3v) is 4.04. The Morgan fingerprint density at radius 1 is 1.23 bits per heavy atom. The summed E-state index contributed by atoms with van der Waals surface area (Å²) < 4.78 is 24.9. The monoisotopic (exact) mass is 322 g/mol. The normalized spacial score (nSPS) is 11.9. The van der Waals surface area contributed by atoms with E-state index in [2.05, 4.69) is 5.32 Å². The first-order valence-electron chi connectivity index (χ1n) is 6.37. The van der Waals surface area contributed by atoms with E-state index in [4.69, 9.17) is 5.21 Å². The standard InChI is InChI=1S/C15H15FN2O3S/c1-9-7-11(22(2)21)4-6-13(9)17-14-8-10(16)3-5-12(14)15(19)18-20/h3-8,17,20H,1-2H3,(H,18,19). The van der Waals surface area contributed by atoms with Crippen molar-refractivity contribution in [1.82, 2.24) is 5.48 Å². The van der Waals surface area contributed by atoms with Crippen molar-refractivity contribution in [3.8, 4) is 0 Å². The van der Waals surface area contributed by atoms with Crippen LogP contribution in [0.15, 0.2) is 41.3 Å². The lowest BCUT2D eigenvalue weighted by molar-refractivity contribution is 0.0707. The van der Waals surface area contributed by atoms with Crippen molar-refractivity contribution in [2.75, 3.05) is 11.6 Å². The molecule has 0 fully saturated rings. The number of benzene rings is 2. The lowest BCUT2D eigenvalue weighted by Crippen LogP contribution is -2.20. The Labute approximate surface area is 130 Å². The molecule has 22 heavy (non-hydrogen) atoms. The summed E-state index contributed by atoms with van der Waals surface area (Å²) in [6, 6.07) is 8.72. The van der Waals surface area contributed by atoms with Crippen molar-refractivity contribution in [3.63, 3.8) is 0 Å². The number of carbonyl (C=O) groups is 1. The first-order chi connectivity index (χ1) is 10.4. The summed E-state index contributed by atoms with van der Waals surface area (Å²) in [5.41, 5.74) is 3.29. The van der Waals surface area contributed by atoms with Crippen molar-refractivity contribution in [2.24, 2.45) is 0 Å². The fourth-order valence-corrected chi connectivity index (χ4v) is 2.58. The maximum absolute atomic E-state index is 13.4. The molecule has 0 heterocycles. The first kappa shape index (κ1) is 16.3. The number of aryl methyl sites for hydroxylation is 1. The maximum Gasteiger partial charge on any atom is 0.276 e. The predicted octanol–water partition coefficient (Wildman–Crippen LogP) is 2.73. The van der Waals surface area contributed by atoms with Crippen LogP contribution in [0.3, 0.4) is 0 Å². The van der Waals surface area contributed by atoms with Gasteiger partial charge in [0.25, 0.3) is 5.91 Å². The second-order valence-electron chi connectivity index (χ2n) is 4.69. The van der Waals surface area contributed by atoms with E-state index in [-0.39, 0.29) is 11.3 Å². The van der Waals surface area contributed by atoms with Gasteiger partial charge in [-0.3, -0.25) is 10.0 Å². The fraction of sp³-hybridized carbons (Fsp3) is 0.133. The molecule has 2 rings (SSSR count). The molecule has 5 nitrogen and oxygen atoms in total. The van der Waals surface area contributed by atoms with Crippen LogP contribution in [0.2, 0.25) is 0 Å².